The molecule has 0 fully saturated rings. The van der Waals surface area contributed by atoms with Gasteiger partial charge in [0.25, 0.3) is 0 Å². The Labute approximate surface area is 190 Å². The summed E-state index contributed by atoms with van der Waals surface area (Å²) in [5.74, 6) is -0.193. The zero-order valence-electron chi connectivity index (χ0n) is 19.1. The van der Waals surface area contributed by atoms with Crippen LogP contribution in [-0.4, -0.2) is 58.8 Å². The number of rotatable bonds is 6. The molecule has 0 heterocycles. The molecule has 0 rings (SSSR count). The second kappa shape index (κ2) is 28.9. The van der Waals surface area contributed by atoms with Crippen LogP contribution < -0.4 is 0 Å². The molecule has 0 aromatic rings. The minimum Gasteiger partial charge on any atom is -0.512 e. The minimum atomic E-state index is -0.502. The molecule has 0 aliphatic carbocycles. The number of hydrogen-bond donors (Lipinski definition) is 4. The fourth-order valence-electron chi connectivity index (χ4n) is 0.709. The summed E-state index contributed by atoms with van der Waals surface area (Å²) in [7, 11) is 0. The summed E-state index contributed by atoms with van der Waals surface area (Å²) in [5, 5.41) is 33.3. The summed E-state index contributed by atoms with van der Waals surface area (Å²) in [6.07, 6.45) is 2.06. The van der Waals surface area contributed by atoms with Crippen LogP contribution in [0, 0.1) is 11.8 Å². The monoisotopic (exact) mass is 456 g/mol. The van der Waals surface area contributed by atoms with E-state index in [-0.39, 0.29) is 33.2 Å². The van der Waals surface area contributed by atoms with Gasteiger partial charge in [-0.1, -0.05) is 27.7 Å². The van der Waals surface area contributed by atoms with E-state index in [0.717, 1.165) is 12.2 Å². The number of aliphatic hydroxyl groups is 4. The number of ether oxygens (including phenoxy) is 2. The van der Waals surface area contributed by atoms with Gasteiger partial charge in [0.1, 0.15) is 0 Å². The maximum Gasteiger partial charge on any atom is 0.334 e. The van der Waals surface area contributed by atoms with Gasteiger partial charge in [0, 0.05) is 34.9 Å². The van der Waals surface area contributed by atoms with E-state index in [9.17, 15) is 9.59 Å². The average molecular weight is 456 g/mol. The van der Waals surface area contributed by atoms with Gasteiger partial charge in [0.15, 0.2) is 0 Å². The van der Waals surface area contributed by atoms with Gasteiger partial charge >= 0.3 is 11.9 Å². The summed E-state index contributed by atoms with van der Waals surface area (Å²) < 4.78 is 8.95. The first-order valence-electron chi connectivity index (χ1n) is 9.17. The maximum atomic E-state index is 10.4. The molecule has 0 radical (unpaired) electrons. The largest absolute Gasteiger partial charge is 0.512 e. The SMILES string of the molecule is CC(C)CO.CC(C)CO.CCOC(=O)/C=C(/C)O.CCOC(=O)/C=C(\C)O.[Ti]. The van der Waals surface area contributed by atoms with Crippen LogP contribution >= 0.6 is 0 Å². The molecule has 0 saturated heterocycles. The van der Waals surface area contributed by atoms with Crippen LogP contribution in [0.2, 0.25) is 0 Å². The van der Waals surface area contributed by atoms with Crippen LogP contribution in [-0.2, 0) is 40.8 Å². The summed E-state index contributed by atoms with van der Waals surface area (Å²) in [5.41, 5.74) is 0. The Morgan fingerprint density at radius 1 is 0.759 bits per heavy atom. The van der Waals surface area contributed by atoms with Gasteiger partial charge in [-0.2, -0.15) is 0 Å². The van der Waals surface area contributed by atoms with Crippen molar-refractivity contribution in [1.29, 1.82) is 0 Å². The van der Waals surface area contributed by atoms with E-state index in [0.29, 0.717) is 38.3 Å². The van der Waals surface area contributed by atoms with Crippen molar-refractivity contribution in [1.82, 2.24) is 0 Å². The van der Waals surface area contributed by atoms with Crippen molar-refractivity contribution in [2.45, 2.75) is 55.4 Å². The van der Waals surface area contributed by atoms with E-state index >= 15 is 0 Å². The van der Waals surface area contributed by atoms with Crippen molar-refractivity contribution in [2.75, 3.05) is 26.4 Å². The number of hydrogen-bond acceptors (Lipinski definition) is 8. The van der Waals surface area contributed by atoms with Crippen LogP contribution in [0.15, 0.2) is 23.7 Å². The first kappa shape index (κ1) is 38.3. The van der Waals surface area contributed by atoms with Crippen LogP contribution in [0.1, 0.15) is 55.4 Å². The first-order chi connectivity index (χ1) is 12.9. The molecule has 0 amide bonds. The Bertz CT molecular complexity index is 384. The zero-order chi connectivity index (χ0) is 23.1. The van der Waals surface area contributed by atoms with Crippen molar-refractivity contribution in [3.63, 3.8) is 0 Å². The first-order valence-corrected chi connectivity index (χ1v) is 9.17. The van der Waals surface area contributed by atoms with Crippen LogP contribution in [0.25, 0.3) is 0 Å². The van der Waals surface area contributed by atoms with Crippen molar-refractivity contribution < 1.29 is 61.2 Å². The Morgan fingerprint density at radius 2 is 0.966 bits per heavy atom. The number of esters is 2. The second-order valence-electron chi connectivity index (χ2n) is 6.23. The zero-order valence-corrected chi connectivity index (χ0v) is 20.6. The predicted octanol–water partition coefficient (Wildman–Crippen LogP) is 3.29. The van der Waals surface area contributed by atoms with Crippen LogP contribution in [0.4, 0.5) is 0 Å². The maximum absolute atomic E-state index is 10.4. The molecule has 8 nitrogen and oxygen atoms in total. The molecule has 0 aliphatic rings. The van der Waals surface area contributed by atoms with E-state index in [1.54, 1.807) is 13.8 Å². The van der Waals surface area contributed by atoms with Crippen molar-refractivity contribution in [2.24, 2.45) is 11.8 Å². The van der Waals surface area contributed by atoms with E-state index in [1.807, 2.05) is 27.7 Å². The smallest absolute Gasteiger partial charge is 0.334 e. The molecule has 0 unspecified atom stereocenters. The molecule has 0 aromatic heterocycles. The molecule has 0 atom stereocenters. The topological polar surface area (TPSA) is 134 Å². The normalized spacial score (nSPS) is 10.2. The standard InChI is InChI=1S/2C6H10O3.2C4H10O.Ti/c2*1-3-9-6(8)4-5(2)7;2*1-4(2)3-5;/h2*4,7H,3H2,1-2H3;2*4-5H,3H2,1-2H3;/b5-4+;5-4-;;;. The second-order valence-corrected chi connectivity index (χ2v) is 6.23. The van der Waals surface area contributed by atoms with E-state index in [2.05, 4.69) is 9.47 Å². The third-order valence-corrected chi connectivity index (χ3v) is 1.96. The molecule has 0 bridgehead atoms. The molecular formula is C20H40O8Ti. The molecule has 172 valence electrons. The fourth-order valence-corrected chi connectivity index (χ4v) is 0.709. The van der Waals surface area contributed by atoms with Crippen molar-refractivity contribution in [3.05, 3.63) is 23.7 Å². The van der Waals surface area contributed by atoms with E-state index < -0.39 is 11.9 Å². The van der Waals surface area contributed by atoms with Gasteiger partial charge in [-0.3, -0.25) is 0 Å². The van der Waals surface area contributed by atoms with E-state index in [4.69, 9.17) is 20.4 Å². The van der Waals surface area contributed by atoms with Crippen molar-refractivity contribution in [3.8, 4) is 0 Å². The Kier molecular flexibility index (Phi) is 38.1. The molecule has 29 heavy (non-hydrogen) atoms. The predicted molar refractivity (Wildman–Crippen MR) is 110 cm³/mol. The summed E-state index contributed by atoms with van der Waals surface area (Å²) in [6, 6.07) is 0. The summed E-state index contributed by atoms with van der Waals surface area (Å²) in [4.78, 5) is 20.8. The minimum absolute atomic E-state index is 0. The number of carbonyl (C=O) groups is 2. The molecule has 0 spiro atoms. The Hall–Kier alpha value is -1.35. The fraction of sp³-hybridized carbons (Fsp3) is 0.700. The molecular weight excluding hydrogens is 416 g/mol. The third-order valence-electron chi connectivity index (χ3n) is 1.96. The van der Waals surface area contributed by atoms with Gasteiger partial charge in [-0.05, 0) is 39.5 Å². The third kappa shape index (κ3) is 58.4. The van der Waals surface area contributed by atoms with Gasteiger partial charge < -0.3 is 29.9 Å². The number of allylic oxidation sites excluding steroid dienone is 2. The summed E-state index contributed by atoms with van der Waals surface area (Å²) in [6.45, 7) is 15.4. The van der Waals surface area contributed by atoms with Gasteiger partial charge in [0.2, 0.25) is 0 Å². The molecule has 0 aromatic carbocycles. The number of aliphatic hydroxyl groups excluding tert-OH is 4. The van der Waals surface area contributed by atoms with E-state index in [1.165, 1.54) is 13.8 Å². The summed E-state index contributed by atoms with van der Waals surface area (Å²) >= 11 is 0. The molecule has 0 aliphatic heterocycles. The molecule has 9 heteroatoms. The Morgan fingerprint density at radius 3 is 1.07 bits per heavy atom. The molecule has 4 N–H and O–H groups in total. The van der Waals surface area contributed by atoms with Gasteiger partial charge in [-0.25, -0.2) is 9.59 Å². The number of carbonyl (C=O) groups excluding carboxylic acids is 2. The Balaban J connectivity index is -0.0000000907. The van der Waals surface area contributed by atoms with Crippen LogP contribution in [0.3, 0.4) is 0 Å². The quantitative estimate of drug-likeness (QED) is 0.207. The van der Waals surface area contributed by atoms with Crippen molar-refractivity contribution >= 4 is 11.9 Å². The van der Waals surface area contributed by atoms with Gasteiger partial charge in [-0.15, -0.1) is 0 Å². The van der Waals surface area contributed by atoms with Gasteiger partial charge in [0.05, 0.1) is 36.9 Å². The van der Waals surface area contributed by atoms with Crippen LogP contribution in [0.5, 0.6) is 0 Å². The molecule has 0 saturated carbocycles. The average Bonchev–Trinajstić information content (AvgIpc) is 2.55.